The maximum Gasteiger partial charge on any atom is 0.265 e. The van der Waals surface area contributed by atoms with E-state index in [4.69, 9.17) is 11.6 Å². The van der Waals surface area contributed by atoms with Gasteiger partial charge in [-0.05, 0) is 42.8 Å². The molecule has 0 amide bonds. The first-order valence-electron chi connectivity index (χ1n) is 5.90. The number of fused-ring (bicyclic) bond motifs is 1. The predicted molar refractivity (Wildman–Crippen MR) is 77.1 cm³/mol. The van der Waals surface area contributed by atoms with Gasteiger partial charge in [-0.15, -0.1) is 0 Å². The average molecular weight is 271 g/mol. The first kappa shape index (κ1) is 11.9. The van der Waals surface area contributed by atoms with E-state index in [9.17, 15) is 4.79 Å². The maximum absolute atomic E-state index is 12.5. The summed E-state index contributed by atoms with van der Waals surface area (Å²) < 4.78 is 1.53. The van der Waals surface area contributed by atoms with E-state index in [1.807, 2.05) is 19.1 Å². The van der Waals surface area contributed by atoms with Crippen LogP contribution < -0.4 is 5.56 Å². The molecular weight excluding hydrogens is 260 g/mol. The number of hydrogen-bond donors (Lipinski definition) is 0. The third-order valence-electron chi connectivity index (χ3n) is 3.09. The highest BCUT2D eigenvalue weighted by atomic mass is 35.5. The normalized spacial score (nSPS) is 10.8. The fourth-order valence-corrected chi connectivity index (χ4v) is 2.21. The maximum atomic E-state index is 12.5. The van der Waals surface area contributed by atoms with Gasteiger partial charge in [0.25, 0.3) is 5.56 Å². The Labute approximate surface area is 115 Å². The summed E-state index contributed by atoms with van der Waals surface area (Å²) in [6.07, 6.45) is 1.56. The molecule has 0 aliphatic heterocycles. The lowest BCUT2D eigenvalue weighted by Gasteiger charge is -2.07. The monoisotopic (exact) mass is 270 g/mol. The molecule has 0 spiro atoms. The van der Waals surface area contributed by atoms with Crippen LogP contribution in [0.5, 0.6) is 0 Å². The van der Waals surface area contributed by atoms with E-state index >= 15 is 0 Å². The van der Waals surface area contributed by atoms with E-state index in [0.717, 1.165) is 16.8 Å². The van der Waals surface area contributed by atoms with E-state index in [-0.39, 0.29) is 5.56 Å². The van der Waals surface area contributed by atoms with Gasteiger partial charge in [-0.3, -0.25) is 9.36 Å². The number of aromatic nitrogens is 2. The summed E-state index contributed by atoms with van der Waals surface area (Å²) in [5.74, 6) is 0. The van der Waals surface area contributed by atoms with Crippen molar-refractivity contribution in [3.63, 3.8) is 0 Å². The third-order valence-corrected chi connectivity index (χ3v) is 3.35. The fourth-order valence-electron chi connectivity index (χ4n) is 2.09. The zero-order valence-corrected chi connectivity index (χ0v) is 11.1. The van der Waals surface area contributed by atoms with Crippen LogP contribution in [0.4, 0.5) is 0 Å². The molecule has 94 valence electrons. The fraction of sp³-hybridized carbons (Fsp3) is 0.0667. The number of para-hydroxylation sites is 1. The molecule has 0 saturated carbocycles. The van der Waals surface area contributed by atoms with E-state index < -0.39 is 0 Å². The molecule has 0 aliphatic carbocycles. The van der Waals surface area contributed by atoms with Crippen molar-refractivity contribution < 1.29 is 0 Å². The molecule has 0 aliphatic rings. The molecule has 3 rings (SSSR count). The van der Waals surface area contributed by atoms with Gasteiger partial charge in [-0.1, -0.05) is 23.7 Å². The van der Waals surface area contributed by atoms with Crippen LogP contribution in [0.25, 0.3) is 16.6 Å². The number of rotatable bonds is 1. The summed E-state index contributed by atoms with van der Waals surface area (Å²) in [4.78, 5) is 16.8. The molecule has 4 heteroatoms. The first-order chi connectivity index (χ1) is 9.16. The van der Waals surface area contributed by atoms with Crippen molar-refractivity contribution in [2.75, 3.05) is 0 Å². The highest BCUT2D eigenvalue weighted by Crippen LogP contribution is 2.15. The molecule has 0 N–H and O–H groups in total. The zero-order valence-electron chi connectivity index (χ0n) is 10.3. The average Bonchev–Trinajstić information content (AvgIpc) is 2.42. The Morgan fingerprint density at radius 1 is 1.11 bits per heavy atom. The van der Waals surface area contributed by atoms with E-state index in [1.54, 1.807) is 36.7 Å². The molecule has 0 fully saturated rings. The molecule has 1 aromatic heterocycles. The minimum Gasteiger partial charge on any atom is -0.268 e. The van der Waals surface area contributed by atoms with Crippen LogP contribution in [0.15, 0.2) is 53.6 Å². The van der Waals surface area contributed by atoms with Crippen molar-refractivity contribution in [3.05, 3.63) is 69.7 Å². The Balaban J connectivity index is 2.29. The Kier molecular flexibility index (Phi) is 2.84. The van der Waals surface area contributed by atoms with E-state index in [2.05, 4.69) is 4.98 Å². The number of halogens is 1. The Morgan fingerprint density at radius 3 is 2.58 bits per heavy atom. The van der Waals surface area contributed by atoms with Gasteiger partial charge in [-0.2, -0.15) is 0 Å². The second-order valence-corrected chi connectivity index (χ2v) is 4.80. The molecule has 3 nitrogen and oxygen atoms in total. The van der Waals surface area contributed by atoms with Gasteiger partial charge < -0.3 is 0 Å². The van der Waals surface area contributed by atoms with Crippen LogP contribution in [0.1, 0.15) is 5.56 Å². The smallest absolute Gasteiger partial charge is 0.265 e. The molecule has 0 unspecified atom stereocenters. The first-order valence-corrected chi connectivity index (χ1v) is 6.27. The molecule has 19 heavy (non-hydrogen) atoms. The number of nitrogens with zero attached hydrogens (tertiary/aromatic N) is 2. The Hall–Kier alpha value is -2.13. The number of aryl methyl sites for hydroxylation is 1. The predicted octanol–water partition coefficient (Wildman–Crippen LogP) is 3.35. The van der Waals surface area contributed by atoms with Gasteiger partial charge in [0.2, 0.25) is 0 Å². The van der Waals surface area contributed by atoms with Crippen LogP contribution in [0.3, 0.4) is 0 Å². The van der Waals surface area contributed by atoms with Gasteiger partial charge in [0.15, 0.2) is 0 Å². The SMILES string of the molecule is Cc1cccc2c(=O)n(-c3ccc(Cl)cc3)cnc12. The highest BCUT2D eigenvalue weighted by Gasteiger charge is 2.06. The van der Waals surface area contributed by atoms with Crippen LogP contribution in [-0.4, -0.2) is 9.55 Å². The molecule has 0 radical (unpaired) electrons. The quantitative estimate of drug-likeness (QED) is 0.680. The second kappa shape index (κ2) is 4.52. The topological polar surface area (TPSA) is 34.9 Å². The van der Waals surface area contributed by atoms with Crippen molar-refractivity contribution in [3.8, 4) is 5.69 Å². The third kappa shape index (κ3) is 2.02. The Morgan fingerprint density at radius 2 is 1.84 bits per heavy atom. The van der Waals surface area contributed by atoms with Gasteiger partial charge in [0.05, 0.1) is 16.6 Å². The lowest BCUT2D eigenvalue weighted by Crippen LogP contribution is -2.18. The summed E-state index contributed by atoms with van der Waals surface area (Å²) in [5, 5.41) is 1.26. The number of benzene rings is 2. The lowest BCUT2D eigenvalue weighted by molar-refractivity contribution is 0.961. The van der Waals surface area contributed by atoms with Crippen LogP contribution in [0.2, 0.25) is 5.02 Å². The molecule has 0 bridgehead atoms. The van der Waals surface area contributed by atoms with Gasteiger partial charge in [-0.25, -0.2) is 4.98 Å². The summed E-state index contributed by atoms with van der Waals surface area (Å²) in [6, 6.07) is 12.7. The molecule has 0 saturated heterocycles. The standard InChI is InChI=1S/C15H11ClN2O/c1-10-3-2-4-13-14(10)17-9-18(15(13)19)12-7-5-11(16)6-8-12/h2-9H,1H3. The van der Waals surface area contributed by atoms with Crippen molar-refractivity contribution in [2.45, 2.75) is 6.92 Å². The second-order valence-electron chi connectivity index (χ2n) is 4.37. The molecule has 3 aromatic rings. The molecule has 0 atom stereocenters. The van der Waals surface area contributed by atoms with Crippen LogP contribution in [0, 0.1) is 6.92 Å². The van der Waals surface area contributed by atoms with Gasteiger partial charge in [0.1, 0.15) is 6.33 Å². The zero-order chi connectivity index (χ0) is 13.4. The van der Waals surface area contributed by atoms with Crippen molar-refractivity contribution in [2.24, 2.45) is 0 Å². The van der Waals surface area contributed by atoms with Crippen LogP contribution in [-0.2, 0) is 0 Å². The molecule has 2 aromatic carbocycles. The van der Waals surface area contributed by atoms with Crippen molar-refractivity contribution in [1.82, 2.24) is 9.55 Å². The summed E-state index contributed by atoms with van der Waals surface area (Å²) >= 11 is 5.85. The van der Waals surface area contributed by atoms with E-state index in [0.29, 0.717) is 10.4 Å². The molecule has 1 heterocycles. The summed E-state index contributed by atoms with van der Waals surface area (Å²) in [7, 11) is 0. The van der Waals surface area contributed by atoms with Gasteiger partial charge >= 0.3 is 0 Å². The van der Waals surface area contributed by atoms with Crippen molar-refractivity contribution >= 4 is 22.5 Å². The Bertz CT molecular complexity index is 806. The largest absolute Gasteiger partial charge is 0.268 e. The highest BCUT2D eigenvalue weighted by molar-refractivity contribution is 6.30. The van der Waals surface area contributed by atoms with Crippen molar-refractivity contribution in [1.29, 1.82) is 0 Å². The minimum atomic E-state index is -0.0731. The summed E-state index contributed by atoms with van der Waals surface area (Å²) in [6.45, 7) is 1.95. The van der Waals surface area contributed by atoms with E-state index in [1.165, 1.54) is 4.57 Å². The minimum absolute atomic E-state index is 0.0731. The molecular formula is C15H11ClN2O. The van der Waals surface area contributed by atoms with Gasteiger partial charge in [0, 0.05) is 5.02 Å². The lowest BCUT2D eigenvalue weighted by atomic mass is 10.1. The summed E-state index contributed by atoms with van der Waals surface area (Å²) in [5.41, 5.74) is 2.43. The van der Waals surface area contributed by atoms with Crippen LogP contribution >= 0.6 is 11.6 Å². The number of hydrogen-bond acceptors (Lipinski definition) is 2.